The Morgan fingerprint density at radius 2 is 1.93 bits per heavy atom. The number of anilines is 1. The molecule has 3 rings (SSSR count). The zero-order valence-corrected chi connectivity index (χ0v) is 15.7. The van der Waals surface area contributed by atoms with E-state index in [0.717, 1.165) is 27.8 Å². The highest BCUT2D eigenvalue weighted by molar-refractivity contribution is 7.99. The Hall–Kier alpha value is -3.06. The Balaban J connectivity index is 1.49. The lowest BCUT2D eigenvalue weighted by atomic mass is 10.1. The first-order valence-corrected chi connectivity index (χ1v) is 9.27. The SMILES string of the molecule is COc1cccc(CCNC(=O)Nc2ccnc(Sc3ccccn3)c2)c1. The van der Waals surface area contributed by atoms with Crippen molar-refractivity contribution in [2.24, 2.45) is 0 Å². The molecule has 3 aromatic rings. The fraction of sp³-hybridized carbons (Fsp3) is 0.150. The van der Waals surface area contributed by atoms with E-state index < -0.39 is 0 Å². The summed E-state index contributed by atoms with van der Waals surface area (Å²) in [6.45, 7) is 0.527. The summed E-state index contributed by atoms with van der Waals surface area (Å²) in [6, 6.07) is 16.8. The number of carbonyl (C=O) groups excluding carboxylic acids is 1. The number of methoxy groups -OCH3 is 1. The number of ether oxygens (including phenoxy) is 1. The number of nitrogens with zero attached hydrogens (tertiary/aromatic N) is 2. The van der Waals surface area contributed by atoms with Crippen molar-refractivity contribution >= 4 is 23.5 Å². The highest BCUT2D eigenvalue weighted by Crippen LogP contribution is 2.25. The second kappa shape index (κ2) is 9.59. The number of aromatic nitrogens is 2. The maximum atomic E-state index is 12.1. The molecule has 0 aliphatic rings. The van der Waals surface area contributed by atoms with Gasteiger partial charge in [-0.2, -0.15) is 0 Å². The van der Waals surface area contributed by atoms with Gasteiger partial charge in [0.05, 0.1) is 7.11 Å². The molecule has 138 valence electrons. The van der Waals surface area contributed by atoms with Crippen LogP contribution in [0, 0.1) is 0 Å². The van der Waals surface area contributed by atoms with E-state index in [4.69, 9.17) is 4.74 Å². The third-order valence-corrected chi connectivity index (χ3v) is 4.56. The highest BCUT2D eigenvalue weighted by atomic mass is 32.2. The third-order valence-electron chi connectivity index (χ3n) is 3.67. The van der Waals surface area contributed by atoms with Crippen LogP contribution >= 0.6 is 11.8 Å². The average Bonchev–Trinajstić information content (AvgIpc) is 2.69. The van der Waals surface area contributed by atoms with Gasteiger partial charge in [0.15, 0.2) is 0 Å². The van der Waals surface area contributed by atoms with Gasteiger partial charge in [0.1, 0.15) is 15.8 Å². The molecule has 0 spiro atoms. The lowest BCUT2D eigenvalue weighted by molar-refractivity contribution is 0.252. The first-order valence-electron chi connectivity index (χ1n) is 8.45. The first kappa shape index (κ1) is 18.7. The highest BCUT2D eigenvalue weighted by Gasteiger charge is 2.05. The Bertz CT molecular complexity index is 890. The Kier molecular flexibility index (Phi) is 6.65. The summed E-state index contributed by atoms with van der Waals surface area (Å²) < 4.78 is 5.20. The number of hydrogen-bond acceptors (Lipinski definition) is 5. The number of amides is 2. The van der Waals surface area contributed by atoms with Crippen LogP contribution < -0.4 is 15.4 Å². The standard InChI is InChI=1S/C20H20N4O2S/c1-26-17-6-4-5-15(13-17)8-11-23-20(25)24-16-9-12-22-19(14-16)27-18-7-2-3-10-21-18/h2-7,9-10,12-14H,8,11H2,1H3,(H2,22,23,24,25). The number of hydrogen-bond donors (Lipinski definition) is 2. The van der Waals surface area contributed by atoms with Gasteiger partial charge in [0.25, 0.3) is 0 Å². The maximum Gasteiger partial charge on any atom is 0.319 e. The molecule has 0 unspecified atom stereocenters. The van der Waals surface area contributed by atoms with Crippen molar-refractivity contribution in [1.29, 1.82) is 0 Å². The van der Waals surface area contributed by atoms with E-state index in [1.165, 1.54) is 11.8 Å². The molecule has 0 aliphatic heterocycles. The molecular weight excluding hydrogens is 360 g/mol. The quantitative estimate of drug-likeness (QED) is 0.648. The topological polar surface area (TPSA) is 76.1 Å². The molecular formula is C20H20N4O2S. The van der Waals surface area contributed by atoms with Crippen LogP contribution in [0.4, 0.5) is 10.5 Å². The van der Waals surface area contributed by atoms with Crippen LogP contribution in [-0.4, -0.2) is 29.7 Å². The van der Waals surface area contributed by atoms with Crippen LogP contribution in [0.15, 0.2) is 77.0 Å². The van der Waals surface area contributed by atoms with E-state index in [1.807, 2.05) is 48.5 Å². The summed E-state index contributed by atoms with van der Waals surface area (Å²) in [5, 5.41) is 7.30. The van der Waals surface area contributed by atoms with Crippen molar-refractivity contribution in [3.63, 3.8) is 0 Å². The van der Waals surface area contributed by atoms with Crippen LogP contribution in [0.1, 0.15) is 5.56 Å². The summed E-state index contributed by atoms with van der Waals surface area (Å²) in [5.41, 5.74) is 1.79. The van der Waals surface area contributed by atoms with E-state index in [0.29, 0.717) is 12.2 Å². The van der Waals surface area contributed by atoms with Gasteiger partial charge in [0.2, 0.25) is 0 Å². The Labute approximate surface area is 162 Å². The summed E-state index contributed by atoms with van der Waals surface area (Å²) in [6.07, 6.45) is 4.12. The van der Waals surface area contributed by atoms with Crippen molar-refractivity contribution in [3.8, 4) is 5.75 Å². The summed E-state index contributed by atoms with van der Waals surface area (Å²) in [4.78, 5) is 20.7. The van der Waals surface area contributed by atoms with E-state index in [1.54, 1.807) is 25.6 Å². The second-order valence-electron chi connectivity index (χ2n) is 5.64. The first-order chi connectivity index (χ1) is 13.2. The second-order valence-corrected chi connectivity index (χ2v) is 6.68. The molecule has 2 amide bonds. The molecule has 1 aromatic carbocycles. The van der Waals surface area contributed by atoms with Gasteiger partial charge in [-0.05, 0) is 48.4 Å². The molecule has 0 bridgehead atoms. The van der Waals surface area contributed by atoms with E-state index in [2.05, 4.69) is 20.6 Å². The zero-order chi connectivity index (χ0) is 18.9. The molecule has 7 heteroatoms. The predicted octanol–water partition coefficient (Wildman–Crippen LogP) is 4.00. The van der Waals surface area contributed by atoms with Crippen LogP contribution in [0.2, 0.25) is 0 Å². The minimum absolute atomic E-state index is 0.252. The third kappa shape index (κ3) is 6.00. The van der Waals surface area contributed by atoms with E-state index in [9.17, 15) is 4.79 Å². The lowest BCUT2D eigenvalue weighted by Crippen LogP contribution is -2.30. The van der Waals surface area contributed by atoms with Crippen molar-refractivity contribution in [2.45, 2.75) is 16.5 Å². The number of rotatable bonds is 7. The van der Waals surface area contributed by atoms with Crippen molar-refractivity contribution in [3.05, 3.63) is 72.6 Å². The molecule has 0 aliphatic carbocycles. The van der Waals surface area contributed by atoms with Gasteiger partial charge < -0.3 is 15.4 Å². The monoisotopic (exact) mass is 380 g/mol. The fourth-order valence-electron chi connectivity index (χ4n) is 2.38. The summed E-state index contributed by atoms with van der Waals surface area (Å²) >= 11 is 1.44. The molecule has 0 saturated heterocycles. The van der Waals surface area contributed by atoms with E-state index >= 15 is 0 Å². The average molecular weight is 380 g/mol. The van der Waals surface area contributed by atoms with Crippen LogP contribution in [0.5, 0.6) is 5.75 Å². The van der Waals surface area contributed by atoms with Gasteiger partial charge >= 0.3 is 6.03 Å². The molecule has 2 N–H and O–H groups in total. The van der Waals surface area contributed by atoms with Gasteiger partial charge in [-0.25, -0.2) is 14.8 Å². The Morgan fingerprint density at radius 3 is 2.74 bits per heavy atom. The molecule has 2 heterocycles. The van der Waals surface area contributed by atoms with Gasteiger partial charge in [-0.3, -0.25) is 0 Å². The molecule has 0 atom stereocenters. The largest absolute Gasteiger partial charge is 0.497 e. The predicted molar refractivity (Wildman–Crippen MR) is 106 cm³/mol. The van der Waals surface area contributed by atoms with Gasteiger partial charge in [-0.15, -0.1) is 0 Å². The molecule has 6 nitrogen and oxygen atoms in total. The minimum Gasteiger partial charge on any atom is -0.497 e. The van der Waals surface area contributed by atoms with E-state index in [-0.39, 0.29) is 6.03 Å². The minimum atomic E-state index is -0.252. The van der Waals surface area contributed by atoms with Crippen molar-refractivity contribution in [2.75, 3.05) is 19.0 Å². The number of carbonyl (C=O) groups is 1. The molecule has 0 saturated carbocycles. The summed E-state index contributed by atoms with van der Waals surface area (Å²) in [5.74, 6) is 0.812. The fourth-order valence-corrected chi connectivity index (χ4v) is 3.16. The summed E-state index contributed by atoms with van der Waals surface area (Å²) in [7, 11) is 1.64. The maximum absolute atomic E-state index is 12.1. The van der Waals surface area contributed by atoms with Gasteiger partial charge in [0, 0.05) is 24.6 Å². The number of pyridine rings is 2. The smallest absolute Gasteiger partial charge is 0.319 e. The number of nitrogens with one attached hydrogen (secondary N) is 2. The number of benzene rings is 1. The van der Waals surface area contributed by atoms with Crippen molar-refractivity contribution < 1.29 is 9.53 Å². The normalized spacial score (nSPS) is 10.3. The Morgan fingerprint density at radius 1 is 1.04 bits per heavy atom. The number of urea groups is 1. The molecule has 0 fully saturated rings. The lowest BCUT2D eigenvalue weighted by Gasteiger charge is -2.09. The molecule has 2 aromatic heterocycles. The van der Waals surface area contributed by atoms with Crippen LogP contribution in [0.25, 0.3) is 0 Å². The zero-order valence-electron chi connectivity index (χ0n) is 14.9. The van der Waals surface area contributed by atoms with Gasteiger partial charge in [-0.1, -0.05) is 30.0 Å². The van der Waals surface area contributed by atoms with Crippen molar-refractivity contribution in [1.82, 2.24) is 15.3 Å². The molecule has 27 heavy (non-hydrogen) atoms. The van der Waals surface area contributed by atoms with Crippen LogP contribution in [0.3, 0.4) is 0 Å². The molecule has 0 radical (unpaired) electrons. The van der Waals surface area contributed by atoms with Crippen LogP contribution in [-0.2, 0) is 6.42 Å².